The summed E-state index contributed by atoms with van der Waals surface area (Å²) in [5.41, 5.74) is -2.88. The van der Waals surface area contributed by atoms with E-state index in [1.807, 2.05) is 0 Å². The van der Waals surface area contributed by atoms with Gasteiger partial charge in [0.25, 0.3) is 10.0 Å². The van der Waals surface area contributed by atoms with Crippen molar-refractivity contribution in [2.24, 2.45) is 0 Å². The molecule has 2 aromatic rings. The van der Waals surface area contributed by atoms with Crippen molar-refractivity contribution in [2.45, 2.75) is 18.0 Å². The number of hydrogen-bond acceptors (Lipinski definition) is 4. The zero-order valence-electron chi connectivity index (χ0n) is 12.9. The normalized spacial score (nSPS) is 12.0. The number of phenols is 1. The number of alkyl halides is 3. The van der Waals surface area contributed by atoms with E-state index in [4.69, 9.17) is 5.11 Å². The summed E-state index contributed by atoms with van der Waals surface area (Å²) in [6.07, 6.45) is -4.84. The maximum absolute atomic E-state index is 13.7. The monoisotopic (exact) mass is 393 g/mol. The van der Waals surface area contributed by atoms with E-state index in [1.54, 1.807) is 4.72 Å². The Labute approximate surface area is 144 Å². The predicted octanol–water partition coefficient (Wildman–Crippen LogP) is 3.36. The van der Waals surface area contributed by atoms with Crippen LogP contribution in [0.15, 0.2) is 35.2 Å². The molecule has 0 atom stereocenters. The number of aryl methyl sites for hydroxylation is 1. The molecule has 2 rings (SSSR count). The predicted molar refractivity (Wildman–Crippen MR) is 82.0 cm³/mol. The molecule has 0 aliphatic heterocycles. The van der Waals surface area contributed by atoms with Crippen LogP contribution in [0.1, 0.15) is 21.5 Å². The molecule has 0 spiro atoms. The Bertz CT molecular complexity index is 986. The molecule has 2 aromatic carbocycles. The molecule has 26 heavy (non-hydrogen) atoms. The number of benzene rings is 2. The first-order chi connectivity index (χ1) is 11.8. The van der Waals surface area contributed by atoms with E-state index in [1.165, 1.54) is 6.92 Å². The van der Waals surface area contributed by atoms with Crippen LogP contribution in [-0.2, 0) is 16.2 Å². The molecule has 0 saturated heterocycles. The third kappa shape index (κ3) is 3.87. The maximum Gasteiger partial charge on any atom is 0.416 e. The Balaban J connectivity index is 2.56. The van der Waals surface area contributed by atoms with Crippen molar-refractivity contribution in [1.82, 2.24) is 0 Å². The molecule has 0 bridgehead atoms. The summed E-state index contributed by atoms with van der Waals surface area (Å²) < 4.78 is 78.2. The smallest absolute Gasteiger partial charge is 0.416 e. The van der Waals surface area contributed by atoms with Gasteiger partial charge in [0, 0.05) is 0 Å². The second-order valence-corrected chi connectivity index (χ2v) is 6.91. The Hall–Kier alpha value is -2.82. The Morgan fingerprint density at radius 2 is 1.77 bits per heavy atom. The summed E-state index contributed by atoms with van der Waals surface area (Å²) >= 11 is 0. The summed E-state index contributed by atoms with van der Waals surface area (Å²) in [5.74, 6) is -4.02. The van der Waals surface area contributed by atoms with Gasteiger partial charge in [0.05, 0.1) is 11.3 Å². The molecule has 0 fully saturated rings. The summed E-state index contributed by atoms with van der Waals surface area (Å²) in [7, 11) is -4.78. The van der Waals surface area contributed by atoms with Crippen molar-refractivity contribution in [1.29, 1.82) is 0 Å². The van der Waals surface area contributed by atoms with Crippen LogP contribution < -0.4 is 4.72 Å². The van der Waals surface area contributed by atoms with Gasteiger partial charge in [0.15, 0.2) is 5.75 Å². The van der Waals surface area contributed by atoms with Gasteiger partial charge in [-0.05, 0) is 42.8 Å². The van der Waals surface area contributed by atoms with Crippen LogP contribution in [0.3, 0.4) is 0 Å². The van der Waals surface area contributed by atoms with Crippen molar-refractivity contribution in [3.8, 4) is 5.75 Å². The van der Waals surface area contributed by atoms with Gasteiger partial charge in [-0.3, -0.25) is 4.72 Å². The number of anilines is 1. The average molecular weight is 393 g/mol. The van der Waals surface area contributed by atoms with Gasteiger partial charge in [-0.1, -0.05) is 0 Å². The number of carboxylic acids is 1. The summed E-state index contributed by atoms with van der Waals surface area (Å²) in [6.45, 7) is 1.34. The van der Waals surface area contributed by atoms with Crippen molar-refractivity contribution in [2.75, 3.05) is 4.72 Å². The Morgan fingerprint density at radius 3 is 2.31 bits per heavy atom. The van der Waals surface area contributed by atoms with Crippen LogP contribution in [0.5, 0.6) is 5.75 Å². The van der Waals surface area contributed by atoms with Crippen molar-refractivity contribution in [3.63, 3.8) is 0 Å². The molecule has 0 aliphatic carbocycles. The van der Waals surface area contributed by atoms with Gasteiger partial charge >= 0.3 is 12.1 Å². The molecular formula is C15H11F4NO5S. The number of rotatable bonds is 4. The van der Waals surface area contributed by atoms with Gasteiger partial charge in [-0.15, -0.1) is 0 Å². The lowest BCUT2D eigenvalue weighted by molar-refractivity contribution is -0.137. The van der Waals surface area contributed by atoms with Crippen LogP contribution in [0.4, 0.5) is 23.2 Å². The minimum Gasteiger partial charge on any atom is -0.506 e. The zero-order chi connectivity index (χ0) is 19.9. The number of aromatic hydroxyl groups is 1. The Morgan fingerprint density at radius 1 is 1.15 bits per heavy atom. The van der Waals surface area contributed by atoms with E-state index in [2.05, 4.69) is 0 Å². The molecule has 140 valence electrons. The number of carbonyl (C=O) groups is 1. The quantitative estimate of drug-likeness (QED) is 0.691. The fourth-order valence-corrected chi connectivity index (χ4v) is 3.35. The Kier molecular flexibility index (Phi) is 4.86. The fourth-order valence-electron chi connectivity index (χ4n) is 2.09. The maximum atomic E-state index is 13.7. The van der Waals surface area contributed by atoms with Gasteiger partial charge in [-0.25, -0.2) is 17.6 Å². The molecule has 6 nitrogen and oxygen atoms in total. The number of hydrogen-bond donors (Lipinski definition) is 3. The largest absolute Gasteiger partial charge is 0.506 e. The minimum absolute atomic E-state index is 0.144. The van der Waals surface area contributed by atoms with Crippen LogP contribution in [0.2, 0.25) is 0 Å². The van der Waals surface area contributed by atoms with Crippen LogP contribution >= 0.6 is 0 Å². The zero-order valence-corrected chi connectivity index (χ0v) is 13.7. The first kappa shape index (κ1) is 19.5. The molecule has 11 heteroatoms. The first-order valence-corrected chi connectivity index (χ1v) is 8.27. The van der Waals surface area contributed by atoms with E-state index < -0.39 is 55.4 Å². The highest BCUT2D eigenvalue weighted by molar-refractivity contribution is 7.92. The average Bonchev–Trinajstić information content (AvgIpc) is 2.49. The summed E-state index contributed by atoms with van der Waals surface area (Å²) in [5, 5.41) is 18.9. The van der Waals surface area contributed by atoms with Gasteiger partial charge in [0.1, 0.15) is 16.3 Å². The van der Waals surface area contributed by atoms with Crippen molar-refractivity contribution >= 4 is 21.7 Å². The van der Waals surface area contributed by atoms with Crippen LogP contribution in [0.25, 0.3) is 0 Å². The highest BCUT2D eigenvalue weighted by Gasteiger charge is 2.32. The number of sulfonamides is 1. The van der Waals surface area contributed by atoms with E-state index in [0.717, 1.165) is 12.1 Å². The number of carboxylic acid groups (broad SMARTS) is 1. The third-order valence-corrected chi connectivity index (χ3v) is 4.66. The number of aromatic carboxylic acids is 1. The molecular weight excluding hydrogens is 382 g/mol. The van der Waals surface area contributed by atoms with Crippen LogP contribution in [-0.4, -0.2) is 24.6 Å². The molecule has 0 heterocycles. The summed E-state index contributed by atoms with van der Waals surface area (Å²) in [6, 6.07) is 3.01. The van der Waals surface area contributed by atoms with Crippen LogP contribution in [0, 0.1) is 12.7 Å². The topological polar surface area (TPSA) is 104 Å². The molecule has 0 radical (unpaired) electrons. The van der Waals surface area contributed by atoms with Crippen molar-refractivity contribution < 1.29 is 41.0 Å². The first-order valence-electron chi connectivity index (χ1n) is 6.79. The standard InChI is InChI=1S/C15H11F4NO5S/c1-7-4-9(14(22)23)13(21)12(5-7)26(24,25)20-11-6-8(15(17,18)19)2-3-10(11)16/h2-6,20-21H,1H3,(H,22,23). The number of nitrogens with one attached hydrogen (secondary N) is 1. The second kappa shape index (κ2) is 6.48. The highest BCUT2D eigenvalue weighted by atomic mass is 32.2. The van der Waals surface area contributed by atoms with E-state index >= 15 is 0 Å². The number of halogens is 4. The highest BCUT2D eigenvalue weighted by Crippen LogP contribution is 2.34. The molecule has 0 unspecified atom stereocenters. The second-order valence-electron chi connectivity index (χ2n) is 5.26. The minimum atomic E-state index is -4.84. The fraction of sp³-hybridized carbons (Fsp3) is 0.133. The van der Waals surface area contributed by atoms with Gasteiger partial charge in [-0.2, -0.15) is 13.2 Å². The van der Waals surface area contributed by atoms with E-state index in [9.17, 15) is 35.9 Å². The molecule has 0 saturated carbocycles. The van der Waals surface area contributed by atoms with E-state index in [-0.39, 0.29) is 11.6 Å². The lowest BCUT2D eigenvalue weighted by Crippen LogP contribution is -2.16. The lowest BCUT2D eigenvalue weighted by atomic mass is 10.1. The molecule has 0 amide bonds. The van der Waals surface area contributed by atoms with Gasteiger partial charge < -0.3 is 10.2 Å². The molecule has 0 aromatic heterocycles. The van der Waals surface area contributed by atoms with Gasteiger partial charge in [0.2, 0.25) is 0 Å². The molecule has 0 aliphatic rings. The van der Waals surface area contributed by atoms with E-state index in [0.29, 0.717) is 12.1 Å². The molecule has 3 N–H and O–H groups in total. The summed E-state index contributed by atoms with van der Waals surface area (Å²) in [4.78, 5) is 10.1. The lowest BCUT2D eigenvalue weighted by Gasteiger charge is -2.14. The SMILES string of the molecule is Cc1cc(C(=O)O)c(O)c(S(=O)(=O)Nc2cc(C(F)(F)F)ccc2F)c1. The third-order valence-electron chi connectivity index (χ3n) is 3.28. The van der Waals surface area contributed by atoms with Crippen molar-refractivity contribution in [3.05, 3.63) is 52.8 Å².